The molecule has 0 unspecified atom stereocenters. The first-order valence-electron chi connectivity index (χ1n) is 12.3. The first-order valence-corrected chi connectivity index (χ1v) is 13.1. The maximum atomic E-state index is 13.0. The van der Waals surface area contributed by atoms with Crippen LogP contribution >= 0.6 is 11.3 Å². The van der Waals surface area contributed by atoms with Crippen molar-refractivity contribution in [3.8, 4) is 0 Å². The molecule has 180 valence electrons. The monoisotopic (exact) mass is 485 g/mol. The van der Waals surface area contributed by atoms with Gasteiger partial charge in [-0.1, -0.05) is 67.6 Å². The number of thiophene rings is 1. The van der Waals surface area contributed by atoms with Crippen LogP contribution in [0.1, 0.15) is 35.4 Å². The van der Waals surface area contributed by atoms with Gasteiger partial charge in [0, 0.05) is 44.0 Å². The summed E-state index contributed by atoms with van der Waals surface area (Å²) in [6, 6.07) is 23.7. The van der Waals surface area contributed by atoms with Gasteiger partial charge in [-0.05, 0) is 23.6 Å². The number of benzene rings is 2. The molecule has 7 heteroatoms. The Labute approximate surface area is 210 Å². The number of hydrogen-bond acceptors (Lipinski definition) is 6. The lowest BCUT2D eigenvalue weighted by Gasteiger charge is -2.40. The summed E-state index contributed by atoms with van der Waals surface area (Å²) in [7, 11) is 0. The molecule has 0 atom stereocenters. The van der Waals surface area contributed by atoms with Gasteiger partial charge in [-0.25, -0.2) is 9.97 Å². The van der Waals surface area contributed by atoms with Crippen LogP contribution in [0.3, 0.4) is 0 Å². The van der Waals surface area contributed by atoms with Gasteiger partial charge in [-0.2, -0.15) is 0 Å². The molecule has 4 aromatic rings. The number of rotatable bonds is 8. The Kier molecular flexibility index (Phi) is 7.35. The SMILES string of the molecule is CCc1cc2c(NCCC(=O)N3CCN(C(c4ccccc4)c4ccccc4)CC3)ncnc2s1. The third kappa shape index (κ3) is 5.36. The zero-order chi connectivity index (χ0) is 24.0. The normalized spacial score (nSPS) is 14.5. The van der Waals surface area contributed by atoms with Crippen molar-refractivity contribution in [2.45, 2.75) is 25.8 Å². The second kappa shape index (κ2) is 11.0. The Morgan fingerprint density at radius 1 is 0.971 bits per heavy atom. The summed E-state index contributed by atoms with van der Waals surface area (Å²) in [5.74, 6) is 1.01. The van der Waals surface area contributed by atoms with E-state index in [-0.39, 0.29) is 11.9 Å². The van der Waals surface area contributed by atoms with Gasteiger partial charge in [0.05, 0.1) is 11.4 Å². The van der Waals surface area contributed by atoms with E-state index < -0.39 is 0 Å². The van der Waals surface area contributed by atoms with Crippen LogP contribution < -0.4 is 5.32 Å². The maximum Gasteiger partial charge on any atom is 0.224 e. The number of carbonyl (C=O) groups is 1. The molecule has 2 aromatic heterocycles. The fraction of sp³-hybridized carbons (Fsp3) is 0.321. The van der Waals surface area contributed by atoms with E-state index in [4.69, 9.17) is 0 Å². The van der Waals surface area contributed by atoms with Crippen molar-refractivity contribution in [2.75, 3.05) is 38.0 Å². The van der Waals surface area contributed by atoms with Crippen molar-refractivity contribution in [2.24, 2.45) is 0 Å². The van der Waals surface area contributed by atoms with Crippen LogP contribution in [0.25, 0.3) is 10.2 Å². The lowest BCUT2D eigenvalue weighted by molar-refractivity contribution is -0.132. The summed E-state index contributed by atoms with van der Waals surface area (Å²) in [6.07, 6.45) is 3.04. The molecule has 1 fully saturated rings. The number of aromatic nitrogens is 2. The number of anilines is 1. The average Bonchev–Trinajstić information content (AvgIpc) is 3.35. The minimum Gasteiger partial charge on any atom is -0.369 e. The summed E-state index contributed by atoms with van der Waals surface area (Å²) in [4.78, 5) is 28.5. The Hall–Kier alpha value is -3.29. The van der Waals surface area contributed by atoms with E-state index in [0.717, 1.165) is 48.6 Å². The second-order valence-electron chi connectivity index (χ2n) is 8.82. The predicted molar refractivity (Wildman–Crippen MR) is 143 cm³/mol. The van der Waals surface area contributed by atoms with Crippen LogP contribution in [0.4, 0.5) is 5.82 Å². The highest BCUT2D eigenvalue weighted by Gasteiger charge is 2.28. The van der Waals surface area contributed by atoms with Crippen LogP contribution in [0, 0.1) is 0 Å². The summed E-state index contributed by atoms with van der Waals surface area (Å²) in [5, 5.41) is 4.41. The van der Waals surface area contributed by atoms with Crippen LogP contribution in [0.5, 0.6) is 0 Å². The third-order valence-corrected chi connectivity index (χ3v) is 7.81. The Bertz CT molecular complexity index is 1210. The molecule has 1 aliphatic rings. The number of fused-ring (bicyclic) bond motifs is 1. The van der Waals surface area contributed by atoms with Gasteiger partial charge < -0.3 is 10.2 Å². The third-order valence-electron chi connectivity index (χ3n) is 6.62. The first-order chi connectivity index (χ1) is 17.2. The highest BCUT2D eigenvalue weighted by Crippen LogP contribution is 2.30. The largest absolute Gasteiger partial charge is 0.369 e. The first kappa shape index (κ1) is 23.5. The molecule has 0 saturated carbocycles. The standard InChI is InChI=1S/C28H31N5OS/c1-2-23-19-24-27(30-20-31-28(24)35-23)29-14-13-25(34)32-15-17-33(18-16-32)26(21-9-5-3-6-10-21)22-11-7-4-8-12-22/h3-12,19-20,26H,2,13-18H2,1H3,(H,29,30,31). The van der Waals surface area contributed by atoms with Crippen molar-refractivity contribution < 1.29 is 4.79 Å². The number of nitrogens with one attached hydrogen (secondary N) is 1. The fourth-order valence-corrected chi connectivity index (χ4v) is 5.72. The summed E-state index contributed by atoms with van der Waals surface area (Å²) < 4.78 is 0. The minimum absolute atomic E-state index is 0.193. The fourth-order valence-electron chi connectivity index (χ4n) is 4.78. The molecule has 0 bridgehead atoms. The minimum atomic E-state index is 0.193. The van der Waals surface area contributed by atoms with Gasteiger partial charge in [0.2, 0.25) is 5.91 Å². The maximum absolute atomic E-state index is 13.0. The van der Waals surface area contributed by atoms with E-state index in [1.54, 1.807) is 17.7 Å². The molecule has 1 aliphatic heterocycles. The molecule has 2 aromatic carbocycles. The number of hydrogen-bond donors (Lipinski definition) is 1. The van der Waals surface area contributed by atoms with Crippen molar-refractivity contribution >= 4 is 33.3 Å². The lowest BCUT2D eigenvalue weighted by atomic mass is 9.96. The molecule has 1 saturated heterocycles. The zero-order valence-corrected chi connectivity index (χ0v) is 20.9. The van der Waals surface area contributed by atoms with E-state index in [1.807, 2.05) is 4.90 Å². The lowest BCUT2D eigenvalue weighted by Crippen LogP contribution is -2.50. The second-order valence-corrected chi connectivity index (χ2v) is 9.94. The molecule has 0 spiro atoms. The Morgan fingerprint density at radius 3 is 2.26 bits per heavy atom. The number of carbonyl (C=O) groups excluding carboxylic acids is 1. The molecule has 1 N–H and O–H groups in total. The summed E-state index contributed by atoms with van der Waals surface area (Å²) in [5.41, 5.74) is 2.58. The smallest absolute Gasteiger partial charge is 0.224 e. The molecule has 6 nitrogen and oxygen atoms in total. The van der Waals surface area contributed by atoms with Crippen LogP contribution in [0.2, 0.25) is 0 Å². The Morgan fingerprint density at radius 2 is 1.63 bits per heavy atom. The number of amides is 1. The van der Waals surface area contributed by atoms with Gasteiger partial charge in [-0.3, -0.25) is 9.69 Å². The Balaban J connectivity index is 1.18. The zero-order valence-electron chi connectivity index (χ0n) is 20.1. The average molecular weight is 486 g/mol. The highest BCUT2D eigenvalue weighted by molar-refractivity contribution is 7.18. The van der Waals surface area contributed by atoms with E-state index in [2.05, 4.69) is 93.8 Å². The molecular formula is C28H31N5OS. The van der Waals surface area contributed by atoms with E-state index in [9.17, 15) is 4.79 Å². The molecule has 35 heavy (non-hydrogen) atoms. The van der Waals surface area contributed by atoms with Gasteiger partial charge >= 0.3 is 0 Å². The quantitative estimate of drug-likeness (QED) is 0.381. The topological polar surface area (TPSA) is 61.4 Å². The highest BCUT2D eigenvalue weighted by atomic mass is 32.1. The summed E-state index contributed by atoms with van der Waals surface area (Å²) >= 11 is 1.70. The molecule has 0 aliphatic carbocycles. The molecular weight excluding hydrogens is 454 g/mol. The van der Waals surface area contributed by atoms with Crippen molar-refractivity contribution in [3.63, 3.8) is 0 Å². The van der Waals surface area contributed by atoms with Gasteiger partial charge in [-0.15, -0.1) is 11.3 Å². The molecule has 5 rings (SSSR count). The van der Waals surface area contributed by atoms with Crippen LogP contribution in [0.15, 0.2) is 73.1 Å². The number of aryl methyl sites for hydroxylation is 1. The molecule has 1 amide bonds. The van der Waals surface area contributed by atoms with Gasteiger partial charge in [0.15, 0.2) is 0 Å². The van der Waals surface area contributed by atoms with E-state index in [0.29, 0.717) is 13.0 Å². The predicted octanol–water partition coefficient (Wildman–Crippen LogP) is 4.99. The number of nitrogens with zero attached hydrogens (tertiary/aromatic N) is 4. The van der Waals surface area contributed by atoms with E-state index in [1.165, 1.54) is 16.0 Å². The number of piperazine rings is 1. The van der Waals surface area contributed by atoms with Crippen molar-refractivity contribution in [1.82, 2.24) is 19.8 Å². The van der Waals surface area contributed by atoms with Crippen LogP contribution in [-0.4, -0.2) is 58.4 Å². The molecule has 3 heterocycles. The van der Waals surface area contributed by atoms with Gasteiger partial charge in [0.1, 0.15) is 17.0 Å². The van der Waals surface area contributed by atoms with Gasteiger partial charge in [0.25, 0.3) is 0 Å². The van der Waals surface area contributed by atoms with E-state index >= 15 is 0 Å². The van der Waals surface area contributed by atoms with Crippen molar-refractivity contribution in [3.05, 3.63) is 89.1 Å². The van der Waals surface area contributed by atoms with Crippen molar-refractivity contribution in [1.29, 1.82) is 0 Å². The summed E-state index contributed by atoms with van der Waals surface area (Å²) in [6.45, 7) is 5.92. The molecule has 0 radical (unpaired) electrons. The van der Waals surface area contributed by atoms with Crippen LogP contribution in [-0.2, 0) is 11.2 Å².